The third-order valence-electron chi connectivity index (χ3n) is 6.70. The number of aromatic nitrogens is 1. The van der Waals surface area contributed by atoms with Crippen LogP contribution in [0.4, 0.5) is 0 Å². The predicted octanol–water partition coefficient (Wildman–Crippen LogP) is 2.99. The molecular weight excluding hydrogens is 408 g/mol. The highest BCUT2D eigenvalue weighted by atomic mass is 32.3. The monoisotopic (exact) mass is 438 g/mol. The van der Waals surface area contributed by atoms with Crippen LogP contribution in [0, 0.1) is 5.41 Å². The normalized spacial score (nSPS) is 25.9. The summed E-state index contributed by atoms with van der Waals surface area (Å²) in [6, 6.07) is 7.07. The average molecular weight is 439 g/mol. The number of hydrogen-bond acceptors (Lipinski definition) is 5. The molecule has 2 heterocycles. The molecule has 1 aliphatic heterocycles. The van der Waals surface area contributed by atoms with Crippen LogP contribution in [0.5, 0.6) is 0 Å². The molecule has 1 aliphatic carbocycles. The predicted molar refractivity (Wildman–Crippen MR) is 114 cm³/mol. The van der Waals surface area contributed by atoms with Crippen LogP contribution in [0.2, 0.25) is 0 Å². The van der Waals surface area contributed by atoms with Crippen molar-refractivity contribution in [2.45, 2.75) is 51.5 Å². The molecule has 1 aromatic carbocycles. The number of methoxy groups -OCH3 is 1. The van der Waals surface area contributed by atoms with Gasteiger partial charge in [0.2, 0.25) is 0 Å². The van der Waals surface area contributed by atoms with Crippen molar-refractivity contribution in [1.29, 1.82) is 0 Å². The number of likely N-dealkylation sites (tertiary alicyclic amines) is 1. The lowest BCUT2D eigenvalue weighted by atomic mass is 9.65. The summed E-state index contributed by atoms with van der Waals surface area (Å²) in [5, 5.41) is 1.41. The Morgan fingerprint density at radius 3 is 2.57 bits per heavy atom. The maximum Gasteiger partial charge on any atom is 0.394 e. The Morgan fingerprint density at radius 1 is 1.33 bits per heavy atom. The molecule has 3 N–H and O–H groups in total. The van der Waals surface area contributed by atoms with Gasteiger partial charge in [0.05, 0.1) is 12.5 Å². The molecule has 1 saturated heterocycles. The molecule has 8 nitrogen and oxygen atoms in total. The van der Waals surface area contributed by atoms with E-state index >= 15 is 0 Å². The van der Waals surface area contributed by atoms with Crippen LogP contribution in [0.15, 0.2) is 18.2 Å². The highest BCUT2D eigenvalue weighted by Crippen LogP contribution is 2.50. The molecule has 0 bridgehead atoms. The number of carbonyl (C=O) groups is 1. The molecule has 4 rings (SSSR count). The number of fused-ring (bicyclic) bond motifs is 2. The number of likely N-dealkylation sites (N-methyl/N-ethyl adjacent to an activating group) is 1. The molecule has 0 saturated carbocycles. The number of carbonyl (C=O) groups excluding carboxylic acids is 1. The van der Waals surface area contributed by atoms with E-state index in [4.69, 9.17) is 22.3 Å². The molecule has 2 aliphatic rings. The fourth-order valence-corrected chi connectivity index (χ4v) is 5.35. The van der Waals surface area contributed by atoms with Crippen LogP contribution >= 0.6 is 0 Å². The van der Waals surface area contributed by atoms with E-state index in [0.29, 0.717) is 12.0 Å². The zero-order valence-corrected chi connectivity index (χ0v) is 18.6. The van der Waals surface area contributed by atoms with Gasteiger partial charge < -0.3 is 14.6 Å². The SMILES string of the molecule is CCc1[nH]c2cccc3c2c1C[C@@H]1C3C[C@@](CC)(C(=O)OC)CN1C.O=S(=O)(O)O. The van der Waals surface area contributed by atoms with Crippen molar-refractivity contribution in [2.24, 2.45) is 5.41 Å². The molecule has 1 fully saturated rings. The zero-order valence-electron chi connectivity index (χ0n) is 17.8. The molecule has 0 radical (unpaired) electrons. The minimum atomic E-state index is -4.67. The lowest BCUT2D eigenvalue weighted by Gasteiger charge is -2.50. The quantitative estimate of drug-likeness (QED) is 0.498. The summed E-state index contributed by atoms with van der Waals surface area (Å²) in [5.41, 5.74) is 5.12. The zero-order chi connectivity index (χ0) is 22.3. The van der Waals surface area contributed by atoms with Crippen molar-refractivity contribution in [2.75, 3.05) is 20.7 Å². The minimum Gasteiger partial charge on any atom is -0.469 e. The summed E-state index contributed by atoms with van der Waals surface area (Å²) < 4.78 is 36.8. The van der Waals surface area contributed by atoms with Gasteiger partial charge in [-0.1, -0.05) is 26.0 Å². The van der Waals surface area contributed by atoms with Crippen molar-refractivity contribution in [3.05, 3.63) is 35.0 Å². The number of nitrogens with zero attached hydrogens (tertiary/aromatic N) is 1. The molecule has 0 amide bonds. The van der Waals surface area contributed by atoms with Gasteiger partial charge in [-0.2, -0.15) is 8.42 Å². The average Bonchev–Trinajstić information content (AvgIpc) is 3.05. The van der Waals surface area contributed by atoms with Crippen LogP contribution in [0.3, 0.4) is 0 Å². The molecule has 1 aromatic heterocycles. The molecule has 3 atom stereocenters. The second-order valence-electron chi connectivity index (χ2n) is 8.28. The van der Waals surface area contributed by atoms with Gasteiger partial charge in [0.1, 0.15) is 0 Å². The first-order valence-corrected chi connectivity index (χ1v) is 11.5. The number of benzene rings is 1. The summed E-state index contributed by atoms with van der Waals surface area (Å²) in [6.45, 7) is 5.12. The molecule has 0 spiro atoms. The van der Waals surface area contributed by atoms with E-state index in [1.54, 1.807) is 0 Å². The number of rotatable bonds is 3. The number of hydrogen-bond donors (Lipinski definition) is 3. The summed E-state index contributed by atoms with van der Waals surface area (Å²) in [4.78, 5) is 18.7. The van der Waals surface area contributed by atoms with Crippen LogP contribution in [-0.2, 0) is 32.8 Å². The Balaban J connectivity index is 0.000000461. The minimum absolute atomic E-state index is 0.0541. The molecule has 2 aromatic rings. The van der Waals surface area contributed by atoms with Gasteiger partial charge >= 0.3 is 16.4 Å². The Kier molecular flexibility index (Phi) is 6.29. The van der Waals surface area contributed by atoms with Crippen LogP contribution in [0.1, 0.15) is 49.4 Å². The van der Waals surface area contributed by atoms with Gasteiger partial charge in [0, 0.05) is 35.1 Å². The lowest BCUT2D eigenvalue weighted by Crippen LogP contribution is -2.55. The first-order chi connectivity index (χ1) is 14.0. The van der Waals surface area contributed by atoms with E-state index in [9.17, 15) is 4.79 Å². The van der Waals surface area contributed by atoms with Crippen molar-refractivity contribution in [1.82, 2.24) is 9.88 Å². The van der Waals surface area contributed by atoms with Gasteiger partial charge in [0.15, 0.2) is 0 Å². The topological polar surface area (TPSA) is 120 Å². The maximum absolute atomic E-state index is 12.6. The van der Waals surface area contributed by atoms with E-state index in [0.717, 1.165) is 32.2 Å². The van der Waals surface area contributed by atoms with Gasteiger partial charge in [-0.15, -0.1) is 0 Å². The second-order valence-corrected chi connectivity index (χ2v) is 9.17. The Bertz CT molecular complexity index is 1040. The van der Waals surface area contributed by atoms with E-state index in [1.165, 1.54) is 34.8 Å². The number of H-pyrrole nitrogens is 1. The second kappa shape index (κ2) is 8.30. The molecule has 9 heteroatoms. The van der Waals surface area contributed by atoms with E-state index in [-0.39, 0.29) is 5.97 Å². The lowest BCUT2D eigenvalue weighted by molar-refractivity contribution is -0.158. The smallest absolute Gasteiger partial charge is 0.394 e. The standard InChI is InChI=1S/C21H28N2O2.H2O4S/c1-5-16-14-10-18-15(13-8-7-9-17(22-16)19(13)14)11-21(6-2,12-23(18)3)20(24)25-4;1-5(2,3)4/h7-9,15,18,22H,5-6,10-12H2,1-4H3;(H2,1,2,3,4)/t15?,18-,21-;/m1./s1. The largest absolute Gasteiger partial charge is 0.469 e. The first kappa shape index (κ1) is 22.7. The van der Waals surface area contributed by atoms with E-state index in [2.05, 4.69) is 49.0 Å². The number of aromatic amines is 1. The third-order valence-corrected chi connectivity index (χ3v) is 6.70. The first-order valence-electron chi connectivity index (χ1n) is 10.2. The Morgan fingerprint density at radius 2 is 2.00 bits per heavy atom. The fourth-order valence-electron chi connectivity index (χ4n) is 5.35. The molecule has 166 valence electrons. The van der Waals surface area contributed by atoms with Crippen molar-refractivity contribution < 1.29 is 27.1 Å². The number of piperidine rings is 1. The third kappa shape index (κ3) is 4.12. The summed E-state index contributed by atoms with van der Waals surface area (Å²) in [7, 11) is -0.973. The molecule has 1 unspecified atom stereocenters. The number of aryl methyl sites for hydroxylation is 1. The highest BCUT2D eigenvalue weighted by molar-refractivity contribution is 7.79. The van der Waals surface area contributed by atoms with Crippen LogP contribution in [0.25, 0.3) is 10.9 Å². The van der Waals surface area contributed by atoms with Crippen molar-refractivity contribution >= 4 is 27.3 Å². The van der Waals surface area contributed by atoms with Gasteiger partial charge in [-0.05, 0) is 49.9 Å². The van der Waals surface area contributed by atoms with E-state index in [1.807, 2.05) is 0 Å². The molecule has 30 heavy (non-hydrogen) atoms. The van der Waals surface area contributed by atoms with Crippen LogP contribution in [-0.4, -0.2) is 60.1 Å². The Hall–Kier alpha value is -1.94. The van der Waals surface area contributed by atoms with Crippen LogP contribution < -0.4 is 0 Å². The van der Waals surface area contributed by atoms with Gasteiger partial charge in [0.25, 0.3) is 0 Å². The number of nitrogens with one attached hydrogen (secondary N) is 1. The van der Waals surface area contributed by atoms with Crippen molar-refractivity contribution in [3.63, 3.8) is 0 Å². The van der Waals surface area contributed by atoms with Crippen molar-refractivity contribution in [3.8, 4) is 0 Å². The number of ether oxygens (including phenoxy) is 1. The fraction of sp³-hybridized carbons (Fsp3) is 0.571. The number of esters is 1. The van der Waals surface area contributed by atoms with Gasteiger partial charge in [-0.3, -0.25) is 13.9 Å². The Labute approximate surface area is 177 Å². The highest BCUT2D eigenvalue weighted by Gasteiger charge is 2.50. The maximum atomic E-state index is 12.6. The van der Waals surface area contributed by atoms with E-state index < -0.39 is 15.8 Å². The summed E-state index contributed by atoms with van der Waals surface area (Å²) in [6.07, 6.45) is 3.81. The summed E-state index contributed by atoms with van der Waals surface area (Å²) >= 11 is 0. The summed E-state index contributed by atoms with van der Waals surface area (Å²) in [5.74, 6) is 0.330. The van der Waals surface area contributed by atoms with Gasteiger partial charge in [-0.25, -0.2) is 0 Å². The molecular formula is C21H30N2O6S.